The van der Waals surface area contributed by atoms with E-state index >= 15 is 0 Å². The lowest BCUT2D eigenvalue weighted by Gasteiger charge is -2.23. The Morgan fingerprint density at radius 1 is 1.62 bits per heavy atom. The van der Waals surface area contributed by atoms with Crippen molar-refractivity contribution in [1.29, 1.82) is 0 Å². The van der Waals surface area contributed by atoms with Crippen LogP contribution < -0.4 is 16.5 Å². The number of primary amides is 1. The second kappa shape index (κ2) is 5.90. The molecule has 1 rings (SSSR count). The Kier molecular flexibility index (Phi) is 4.74. The van der Waals surface area contributed by atoms with Gasteiger partial charge in [-0.3, -0.25) is 9.63 Å². The molecular weight excluding hydrogens is 170 g/mol. The molecule has 0 bridgehead atoms. The van der Waals surface area contributed by atoms with Crippen LogP contribution in [-0.4, -0.2) is 31.6 Å². The largest absolute Gasteiger partial charge is 0.368 e. The SMILES string of the molecule is NC(=O)CONCC1CCCCN1. The molecule has 1 saturated heterocycles. The van der Waals surface area contributed by atoms with Gasteiger partial charge in [-0.05, 0) is 19.4 Å². The summed E-state index contributed by atoms with van der Waals surface area (Å²) < 4.78 is 0. The van der Waals surface area contributed by atoms with Crippen LogP contribution in [0.15, 0.2) is 0 Å². The molecule has 76 valence electrons. The fourth-order valence-corrected chi connectivity index (χ4v) is 1.38. The van der Waals surface area contributed by atoms with E-state index in [9.17, 15) is 4.79 Å². The van der Waals surface area contributed by atoms with E-state index in [0.717, 1.165) is 19.5 Å². The molecule has 0 spiro atoms. The van der Waals surface area contributed by atoms with Gasteiger partial charge in [-0.15, -0.1) is 0 Å². The van der Waals surface area contributed by atoms with Crippen molar-refractivity contribution in [2.24, 2.45) is 5.73 Å². The quantitative estimate of drug-likeness (QED) is 0.386. The first-order chi connectivity index (χ1) is 6.29. The summed E-state index contributed by atoms with van der Waals surface area (Å²) in [5.74, 6) is -0.455. The lowest BCUT2D eigenvalue weighted by atomic mass is 10.1. The van der Waals surface area contributed by atoms with E-state index in [1.807, 2.05) is 0 Å². The summed E-state index contributed by atoms with van der Waals surface area (Å²) in [5, 5.41) is 3.35. The first-order valence-corrected chi connectivity index (χ1v) is 4.65. The second-order valence-electron chi connectivity index (χ2n) is 3.25. The van der Waals surface area contributed by atoms with Crippen LogP contribution in [0.2, 0.25) is 0 Å². The Morgan fingerprint density at radius 3 is 3.08 bits per heavy atom. The van der Waals surface area contributed by atoms with Gasteiger partial charge in [-0.1, -0.05) is 6.42 Å². The van der Waals surface area contributed by atoms with E-state index in [0.29, 0.717) is 6.04 Å². The summed E-state index contributed by atoms with van der Waals surface area (Å²) in [7, 11) is 0. The summed E-state index contributed by atoms with van der Waals surface area (Å²) in [6.45, 7) is 1.74. The number of nitrogens with one attached hydrogen (secondary N) is 2. The minimum absolute atomic E-state index is 0.0628. The van der Waals surface area contributed by atoms with Crippen LogP contribution in [0.3, 0.4) is 0 Å². The normalized spacial score (nSPS) is 22.9. The van der Waals surface area contributed by atoms with Crippen LogP contribution in [0.5, 0.6) is 0 Å². The summed E-state index contributed by atoms with van der Waals surface area (Å²) >= 11 is 0. The average Bonchev–Trinajstić information content (AvgIpc) is 2.14. The molecule has 1 heterocycles. The molecule has 1 aliphatic rings. The first kappa shape index (κ1) is 10.4. The van der Waals surface area contributed by atoms with Crippen LogP contribution in [0.4, 0.5) is 0 Å². The van der Waals surface area contributed by atoms with Gasteiger partial charge < -0.3 is 11.1 Å². The summed E-state index contributed by atoms with van der Waals surface area (Å²) in [4.78, 5) is 15.1. The lowest BCUT2D eigenvalue weighted by Crippen LogP contribution is -2.42. The number of nitrogens with two attached hydrogens (primary N) is 1. The number of amides is 1. The van der Waals surface area contributed by atoms with Crippen molar-refractivity contribution in [1.82, 2.24) is 10.8 Å². The number of hydroxylamine groups is 1. The maximum absolute atomic E-state index is 10.3. The fraction of sp³-hybridized carbons (Fsp3) is 0.875. The standard InChI is InChI=1S/C8H17N3O2/c9-8(12)6-13-11-5-7-3-1-2-4-10-7/h7,10-11H,1-6H2,(H2,9,12). The van der Waals surface area contributed by atoms with Crippen LogP contribution in [0.25, 0.3) is 0 Å². The monoisotopic (exact) mass is 187 g/mol. The number of rotatable bonds is 5. The molecule has 0 radical (unpaired) electrons. The molecule has 1 unspecified atom stereocenters. The molecule has 0 saturated carbocycles. The molecule has 1 atom stereocenters. The molecule has 5 nitrogen and oxygen atoms in total. The number of carbonyl (C=O) groups excluding carboxylic acids is 1. The van der Waals surface area contributed by atoms with Crippen molar-refractivity contribution in [3.05, 3.63) is 0 Å². The number of piperidine rings is 1. The van der Waals surface area contributed by atoms with E-state index < -0.39 is 5.91 Å². The van der Waals surface area contributed by atoms with Gasteiger partial charge >= 0.3 is 0 Å². The van der Waals surface area contributed by atoms with Gasteiger partial charge in [0, 0.05) is 12.6 Å². The summed E-state index contributed by atoms with van der Waals surface area (Å²) in [6, 6.07) is 0.460. The predicted octanol–water partition coefficient (Wildman–Crippen LogP) is -0.865. The van der Waals surface area contributed by atoms with Crippen LogP contribution in [0, 0.1) is 0 Å². The van der Waals surface area contributed by atoms with E-state index in [1.165, 1.54) is 12.8 Å². The molecule has 13 heavy (non-hydrogen) atoms. The third-order valence-electron chi connectivity index (χ3n) is 2.06. The Bertz CT molecular complexity index is 157. The second-order valence-corrected chi connectivity index (χ2v) is 3.25. The smallest absolute Gasteiger partial charge is 0.245 e. The maximum Gasteiger partial charge on any atom is 0.245 e. The van der Waals surface area contributed by atoms with Crippen molar-refractivity contribution in [2.75, 3.05) is 19.7 Å². The lowest BCUT2D eigenvalue weighted by molar-refractivity contribution is -0.125. The zero-order valence-corrected chi connectivity index (χ0v) is 7.71. The average molecular weight is 187 g/mol. The minimum atomic E-state index is -0.455. The molecule has 1 amide bonds. The number of hydrogen-bond acceptors (Lipinski definition) is 4. The van der Waals surface area contributed by atoms with Crippen LogP contribution in [0.1, 0.15) is 19.3 Å². The van der Waals surface area contributed by atoms with E-state index in [4.69, 9.17) is 10.6 Å². The van der Waals surface area contributed by atoms with Crippen molar-refractivity contribution < 1.29 is 9.63 Å². The highest BCUT2D eigenvalue weighted by molar-refractivity contribution is 5.74. The molecule has 0 aromatic rings. The van der Waals surface area contributed by atoms with Crippen molar-refractivity contribution >= 4 is 5.91 Å². The zero-order chi connectivity index (χ0) is 9.52. The predicted molar refractivity (Wildman–Crippen MR) is 48.8 cm³/mol. The Morgan fingerprint density at radius 2 is 2.46 bits per heavy atom. The highest BCUT2D eigenvalue weighted by atomic mass is 16.6. The molecular formula is C8H17N3O2. The van der Waals surface area contributed by atoms with Gasteiger partial charge in [0.1, 0.15) is 6.61 Å². The third kappa shape index (κ3) is 4.82. The number of carbonyl (C=O) groups is 1. The van der Waals surface area contributed by atoms with E-state index in [-0.39, 0.29) is 6.61 Å². The van der Waals surface area contributed by atoms with Gasteiger partial charge in [0.25, 0.3) is 0 Å². The van der Waals surface area contributed by atoms with Gasteiger partial charge in [-0.25, -0.2) is 5.48 Å². The van der Waals surface area contributed by atoms with Crippen LogP contribution >= 0.6 is 0 Å². The van der Waals surface area contributed by atoms with Gasteiger partial charge in [0.2, 0.25) is 5.91 Å². The minimum Gasteiger partial charge on any atom is -0.368 e. The Labute approximate surface area is 78.0 Å². The topological polar surface area (TPSA) is 76.4 Å². The highest BCUT2D eigenvalue weighted by Crippen LogP contribution is 2.05. The van der Waals surface area contributed by atoms with Crippen molar-refractivity contribution in [3.63, 3.8) is 0 Å². The molecule has 0 aromatic heterocycles. The Balaban J connectivity index is 1.95. The van der Waals surface area contributed by atoms with Gasteiger partial charge in [0.15, 0.2) is 0 Å². The first-order valence-electron chi connectivity index (χ1n) is 4.65. The van der Waals surface area contributed by atoms with Crippen LogP contribution in [-0.2, 0) is 9.63 Å². The van der Waals surface area contributed by atoms with Gasteiger partial charge in [-0.2, -0.15) is 0 Å². The molecule has 1 aliphatic heterocycles. The maximum atomic E-state index is 10.3. The zero-order valence-electron chi connectivity index (χ0n) is 7.71. The molecule has 5 heteroatoms. The van der Waals surface area contributed by atoms with Crippen molar-refractivity contribution in [3.8, 4) is 0 Å². The summed E-state index contributed by atoms with van der Waals surface area (Å²) in [5.41, 5.74) is 7.62. The van der Waals surface area contributed by atoms with Crippen molar-refractivity contribution in [2.45, 2.75) is 25.3 Å². The fourth-order valence-electron chi connectivity index (χ4n) is 1.38. The summed E-state index contributed by atoms with van der Waals surface area (Å²) in [6.07, 6.45) is 3.67. The molecule has 0 aliphatic carbocycles. The Hall–Kier alpha value is -0.650. The molecule has 4 N–H and O–H groups in total. The molecule has 1 fully saturated rings. The highest BCUT2D eigenvalue weighted by Gasteiger charge is 2.11. The molecule has 0 aromatic carbocycles. The van der Waals surface area contributed by atoms with E-state index in [2.05, 4.69) is 10.8 Å². The van der Waals surface area contributed by atoms with Gasteiger partial charge in [0.05, 0.1) is 0 Å². The third-order valence-corrected chi connectivity index (χ3v) is 2.06. The van der Waals surface area contributed by atoms with E-state index in [1.54, 1.807) is 0 Å². The number of hydrogen-bond donors (Lipinski definition) is 3.